The summed E-state index contributed by atoms with van der Waals surface area (Å²) >= 11 is 13.9. The summed E-state index contributed by atoms with van der Waals surface area (Å²) in [5, 5.41) is 14.4. The second-order valence-electron chi connectivity index (χ2n) is 5.53. The highest BCUT2D eigenvalue weighted by atomic mass is 35.5. The van der Waals surface area contributed by atoms with Crippen LogP contribution in [0.5, 0.6) is 5.75 Å². The molecule has 0 spiro atoms. The van der Waals surface area contributed by atoms with Crippen LogP contribution in [0.25, 0.3) is 0 Å². The maximum Gasteiger partial charge on any atom is 0.120 e. The highest BCUT2D eigenvalue weighted by Crippen LogP contribution is 2.29. The molecule has 25 heavy (non-hydrogen) atoms. The number of hydrogen-bond acceptors (Lipinski definition) is 3. The first-order valence-corrected chi connectivity index (χ1v) is 9.53. The molecule has 128 valence electrons. The summed E-state index contributed by atoms with van der Waals surface area (Å²) in [6.45, 7) is 0.583. The summed E-state index contributed by atoms with van der Waals surface area (Å²) in [5.74, 6) is 1.10. The average Bonchev–Trinajstić information content (AvgIpc) is 2.61. The van der Waals surface area contributed by atoms with Gasteiger partial charge in [-0.3, -0.25) is 0 Å². The third-order valence-corrected chi connectivity index (χ3v) is 5.39. The number of rotatable bonds is 6. The monoisotopic (exact) mass is 389 g/mol. The van der Waals surface area contributed by atoms with Gasteiger partial charge < -0.3 is 10.4 Å². The largest absolute Gasteiger partial charge is 0.508 e. The zero-order chi connectivity index (χ0) is 17.6. The predicted octanol–water partition coefficient (Wildman–Crippen LogP) is 6.60. The molecule has 0 radical (unpaired) electrons. The van der Waals surface area contributed by atoms with Gasteiger partial charge in [-0.2, -0.15) is 0 Å². The Kier molecular flexibility index (Phi) is 6.14. The summed E-state index contributed by atoms with van der Waals surface area (Å²) < 4.78 is 0. The maximum atomic E-state index is 9.79. The Hall–Kier alpha value is -1.81. The molecule has 0 saturated carbocycles. The van der Waals surface area contributed by atoms with E-state index in [2.05, 4.69) is 17.4 Å². The molecule has 0 aliphatic rings. The zero-order valence-electron chi connectivity index (χ0n) is 13.4. The van der Waals surface area contributed by atoms with Crippen molar-refractivity contribution >= 4 is 40.7 Å². The molecule has 0 aliphatic heterocycles. The van der Waals surface area contributed by atoms with Crippen molar-refractivity contribution in [1.29, 1.82) is 0 Å². The van der Waals surface area contributed by atoms with E-state index in [1.165, 1.54) is 4.90 Å². The van der Waals surface area contributed by atoms with Crippen LogP contribution < -0.4 is 5.32 Å². The van der Waals surface area contributed by atoms with Crippen LogP contribution in [0.4, 0.5) is 5.69 Å². The molecule has 0 aliphatic carbocycles. The number of hydrogen-bond donors (Lipinski definition) is 2. The van der Waals surface area contributed by atoms with Gasteiger partial charge in [-0.25, -0.2) is 0 Å². The molecule has 3 aromatic rings. The Morgan fingerprint density at radius 3 is 2.36 bits per heavy atom. The molecule has 0 fully saturated rings. The predicted molar refractivity (Wildman–Crippen MR) is 108 cm³/mol. The van der Waals surface area contributed by atoms with E-state index in [1.807, 2.05) is 42.5 Å². The van der Waals surface area contributed by atoms with Gasteiger partial charge in [-0.05, 0) is 48.0 Å². The van der Waals surface area contributed by atoms with Crippen molar-refractivity contribution in [3.8, 4) is 5.75 Å². The smallest absolute Gasteiger partial charge is 0.120 e. The zero-order valence-corrected chi connectivity index (χ0v) is 15.7. The van der Waals surface area contributed by atoms with Crippen molar-refractivity contribution in [3.05, 3.63) is 87.9 Å². The number of aromatic hydroxyl groups is 1. The molecule has 0 unspecified atom stereocenters. The lowest BCUT2D eigenvalue weighted by Crippen LogP contribution is -1.99. The van der Waals surface area contributed by atoms with Crippen LogP contribution in [-0.2, 0) is 12.3 Å². The fourth-order valence-corrected chi connectivity index (χ4v) is 3.78. The average molecular weight is 390 g/mol. The van der Waals surface area contributed by atoms with Crippen molar-refractivity contribution in [2.24, 2.45) is 0 Å². The minimum Gasteiger partial charge on any atom is -0.508 e. The first kappa shape index (κ1) is 18.0. The third kappa shape index (κ3) is 5.08. The van der Waals surface area contributed by atoms with Crippen molar-refractivity contribution in [2.75, 3.05) is 5.32 Å². The van der Waals surface area contributed by atoms with Gasteiger partial charge in [0.2, 0.25) is 0 Å². The van der Waals surface area contributed by atoms with Gasteiger partial charge in [0.15, 0.2) is 0 Å². The van der Waals surface area contributed by atoms with Gasteiger partial charge in [0, 0.05) is 38.5 Å². The number of thioether (sulfide) groups is 1. The molecule has 5 heteroatoms. The highest BCUT2D eigenvalue weighted by molar-refractivity contribution is 7.98. The number of halogens is 2. The first-order chi connectivity index (χ1) is 12.1. The molecular formula is C20H17Cl2NOS. The number of phenolic OH excluding ortho intramolecular Hbond substituents is 1. The molecule has 0 amide bonds. The van der Waals surface area contributed by atoms with Crippen molar-refractivity contribution in [1.82, 2.24) is 0 Å². The summed E-state index contributed by atoms with van der Waals surface area (Å²) in [6, 6.07) is 21.1. The van der Waals surface area contributed by atoms with Crippen molar-refractivity contribution in [2.45, 2.75) is 17.2 Å². The van der Waals surface area contributed by atoms with Gasteiger partial charge in [-0.1, -0.05) is 47.5 Å². The lowest BCUT2D eigenvalue weighted by molar-refractivity contribution is 0.469. The van der Waals surface area contributed by atoms with E-state index in [-0.39, 0.29) is 0 Å². The third-order valence-electron chi connectivity index (χ3n) is 3.74. The molecule has 2 nitrogen and oxygen atoms in total. The number of benzene rings is 3. The first-order valence-electron chi connectivity index (χ1n) is 7.79. The van der Waals surface area contributed by atoms with Crippen molar-refractivity contribution < 1.29 is 5.11 Å². The lowest BCUT2D eigenvalue weighted by Gasteiger charge is -2.09. The lowest BCUT2D eigenvalue weighted by atomic mass is 10.2. The van der Waals surface area contributed by atoms with Gasteiger partial charge in [-0.15, -0.1) is 11.8 Å². The minimum absolute atomic E-state index is 0.307. The second-order valence-corrected chi connectivity index (χ2v) is 7.42. The Balaban J connectivity index is 1.56. The van der Waals surface area contributed by atoms with Crippen molar-refractivity contribution in [3.63, 3.8) is 0 Å². The Labute approximate surface area is 161 Å². The van der Waals surface area contributed by atoms with E-state index in [0.29, 0.717) is 22.3 Å². The van der Waals surface area contributed by atoms with E-state index >= 15 is 0 Å². The van der Waals surface area contributed by atoms with Gasteiger partial charge in [0.05, 0.1) is 0 Å². The van der Waals surface area contributed by atoms with Crippen LogP contribution in [0.15, 0.2) is 71.6 Å². The van der Waals surface area contributed by atoms with Crippen LogP contribution in [0.3, 0.4) is 0 Å². The van der Waals surface area contributed by atoms with Gasteiger partial charge >= 0.3 is 0 Å². The molecule has 3 aromatic carbocycles. The topological polar surface area (TPSA) is 32.3 Å². The molecule has 0 heterocycles. The summed E-state index contributed by atoms with van der Waals surface area (Å²) in [6.07, 6.45) is 0. The highest BCUT2D eigenvalue weighted by Gasteiger charge is 2.03. The molecule has 0 bridgehead atoms. The quantitative estimate of drug-likeness (QED) is 0.465. The van der Waals surface area contributed by atoms with E-state index < -0.39 is 0 Å². The Morgan fingerprint density at radius 1 is 0.880 bits per heavy atom. The molecule has 3 rings (SSSR count). The fraction of sp³-hybridized carbons (Fsp3) is 0.100. The van der Waals surface area contributed by atoms with Crippen LogP contribution in [0, 0.1) is 0 Å². The van der Waals surface area contributed by atoms with Crippen LogP contribution >= 0.6 is 35.0 Å². The number of phenols is 1. The maximum absolute atomic E-state index is 9.79. The minimum atomic E-state index is 0.307. The van der Waals surface area contributed by atoms with Crippen LogP contribution in [0.1, 0.15) is 11.1 Å². The molecular weight excluding hydrogens is 373 g/mol. The summed E-state index contributed by atoms with van der Waals surface area (Å²) in [5.41, 5.74) is 2.95. The Bertz CT molecular complexity index is 853. The molecule has 0 aromatic heterocycles. The summed E-state index contributed by atoms with van der Waals surface area (Å²) in [4.78, 5) is 1.17. The normalized spacial score (nSPS) is 10.6. The van der Waals surface area contributed by atoms with Crippen LogP contribution in [0.2, 0.25) is 10.0 Å². The number of anilines is 1. The number of nitrogens with one attached hydrogen (secondary N) is 1. The number of para-hydroxylation sites is 1. The molecule has 0 atom stereocenters. The Morgan fingerprint density at radius 2 is 1.64 bits per heavy atom. The van der Waals surface area contributed by atoms with Gasteiger partial charge in [0.25, 0.3) is 0 Å². The standard InChI is InChI=1S/C20H17Cl2NOS/c21-16-6-5-15(19(22)11-16)13-25-18-9-7-17(8-10-18)23-12-14-3-1-2-4-20(14)24/h1-11,23-24H,12-13H2. The SMILES string of the molecule is Oc1ccccc1CNc1ccc(SCc2ccc(Cl)cc2Cl)cc1. The summed E-state index contributed by atoms with van der Waals surface area (Å²) in [7, 11) is 0. The van der Waals surface area contributed by atoms with Crippen LogP contribution in [-0.4, -0.2) is 5.11 Å². The van der Waals surface area contributed by atoms with E-state index in [1.54, 1.807) is 23.9 Å². The van der Waals surface area contributed by atoms with E-state index in [0.717, 1.165) is 22.6 Å². The van der Waals surface area contributed by atoms with E-state index in [4.69, 9.17) is 23.2 Å². The van der Waals surface area contributed by atoms with E-state index in [9.17, 15) is 5.11 Å². The second kappa shape index (κ2) is 8.52. The molecule has 2 N–H and O–H groups in total. The molecule has 0 saturated heterocycles. The fourth-order valence-electron chi connectivity index (χ4n) is 2.33. The van der Waals surface area contributed by atoms with Gasteiger partial charge in [0.1, 0.15) is 5.75 Å².